The van der Waals surface area contributed by atoms with Crippen molar-refractivity contribution in [2.45, 2.75) is 52.2 Å². The summed E-state index contributed by atoms with van der Waals surface area (Å²) >= 11 is 5.98. The van der Waals surface area contributed by atoms with Gasteiger partial charge in [-0.3, -0.25) is 19.3 Å². The van der Waals surface area contributed by atoms with E-state index in [9.17, 15) is 19.2 Å². The highest BCUT2D eigenvalue weighted by Crippen LogP contribution is 2.25. The third-order valence-electron chi connectivity index (χ3n) is 4.66. The van der Waals surface area contributed by atoms with Gasteiger partial charge in [0.15, 0.2) is 6.10 Å². The third-order valence-corrected chi connectivity index (χ3v) is 4.99. The molecule has 0 saturated carbocycles. The topological polar surface area (TPSA) is 105 Å². The molecule has 0 aromatic heterocycles. The monoisotopic (exact) mass is 423 g/mol. The second-order valence-corrected chi connectivity index (χ2v) is 8.09. The molecule has 0 aliphatic carbocycles. The molecular formula is C20H26ClN3O5. The first kappa shape index (κ1) is 22.7. The van der Waals surface area contributed by atoms with Crippen LogP contribution in [0.3, 0.4) is 0 Å². The van der Waals surface area contributed by atoms with E-state index < -0.39 is 42.0 Å². The van der Waals surface area contributed by atoms with Gasteiger partial charge in [-0.15, -0.1) is 0 Å². The van der Waals surface area contributed by atoms with Gasteiger partial charge in [0.05, 0.1) is 10.7 Å². The lowest BCUT2D eigenvalue weighted by Gasteiger charge is -2.22. The summed E-state index contributed by atoms with van der Waals surface area (Å²) < 4.78 is 5.08. The maximum atomic E-state index is 12.6. The number of amides is 4. The van der Waals surface area contributed by atoms with Crippen molar-refractivity contribution >= 4 is 41.1 Å². The molecule has 8 nitrogen and oxygen atoms in total. The van der Waals surface area contributed by atoms with E-state index in [1.165, 1.54) is 6.92 Å². The number of hydrogen-bond acceptors (Lipinski definition) is 5. The Balaban J connectivity index is 1.92. The smallest absolute Gasteiger partial charge is 0.327 e. The number of para-hydroxylation sites is 1. The standard InChI is InChI=1S/C20H26ClN3O5/c1-12(2)9-10-20(4)18(27)24(19(28)23-20)11-16(25)29-13(3)17(26)22-15-8-6-5-7-14(15)21/h5-8,12-13H,9-11H2,1-4H3,(H,22,26)(H,23,28)/t13-,20+/m1/s1. The van der Waals surface area contributed by atoms with Gasteiger partial charge in [-0.2, -0.15) is 0 Å². The molecule has 0 bridgehead atoms. The van der Waals surface area contributed by atoms with E-state index in [1.54, 1.807) is 31.2 Å². The summed E-state index contributed by atoms with van der Waals surface area (Å²) in [5, 5.41) is 5.55. The number of nitrogens with zero attached hydrogens (tertiary/aromatic N) is 1. The van der Waals surface area contributed by atoms with Crippen molar-refractivity contribution < 1.29 is 23.9 Å². The molecule has 0 radical (unpaired) electrons. The predicted octanol–water partition coefficient (Wildman–Crippen LogP) is 2.96. The molecule has 1 saturated heterocycles. The van der Waals surface area contributed by atoms with Gasteiger partial charge in [-0.05, 0) is 44.7 Å². The lowest BCUT2D eigenvalue weighted by Crippen LogP contribution is -2.44. The number of nitrogens with one attached hydrogen (secondary N) is 2. The number of anilines is 1. The summed E-state index contributed by atoms with van der Waals surface area (Å²) in [7, 11) is 0. The van der Waals surface area contributed by atoms with E-state index >= 15 is 0 Å². The number of benzene rings is 1. The molecule has 1 aromatic rings. The maximum Gasteiger partial charge on any atom is 0.327 e. The highest BCUT2D eigenvalue weighted by atomic mass is 35.5. The number of carbonyl (C=O) groups is 4. The van der Waals surface area contributed by atoms with Crippen LogP contribution >= 0.6 is 11.6 Å². The Morgan fingerprint density at radius 1 is 1.24 bits per heavy atom. The Labute approximate surface area is 174 Å². The van der Waals surface area contributed by atoms with Crippen molar-refractivity contribution in [1.82, 2.24) is 10.2 Å². The van der Waals surface area contributed by atoms with Crippen molar-refractivity contribution in [2.24, 2.45) is 5.92 Å². The van der Waals surface area contributed by atoms with E-state index in [0.717, 1.165) is 11.3 Å². The third kappa shape index (κ3) is 5.69. The van der Waals surface area contributed by atoms with Crippen LogP contribution in [-0.4, -0.2) is 46.9 Å². The average Bonchev–Trinajstić information content (AvgIpc) is 2.85. The number of carbonyl (C=O) groups excluding carboxylic acids is 4. The quantitative estimate of drug-likeness (QED) is 0.494. The van der Waals surface area contributed by atoms with Crippen LogP contribution in [0.2, 0.25) is 5.02 Å². The Bertz CT molecular complexity index is 813. The van der Waals surface area contributed by atoms with Crippen molar-refractivity contribution in [3.8, 4) is 0 Å². The van der Waals surface area contributed by atoms with E-state index in [4.69, 9.17) is 16.3 Å². The summed E-state index contributed by atoms with van der Waals surface area (Å²) in [6.45, 7) is 6.51. The fourth-order valence-corrected chi connectivity index (χ4v) is 3.03. The van der Waals surface area contributed by atoms with Gasteiger partial charge in [0, 0.05) is 0 Å². The Kier molecular flexibility index (Phi) is 7.24. The van der Waals surface area contributed by atoms with Crippen LogP contribution in [-0.2, 0) is 19.1 Å². The summed E-state index contributed by atoms with van der Waals surface area (Å²) in [4.78, 5) is 50.0. The fraction of sp³-hybridized carbons (Fsp3) is 0.500. The Hall–Kier alpha value is -2.61. The fourth-order valence-electron chi connectivity index (χ4n) is 2.85. The van der Waals surface area contributed by atoms with Crippen LogP contribution in [0.4, 0.5) is 10.5 Å². The van der Waals surface area contributed by atoms with E-state index in [0.29, 0.717) is 23.0 Å². The molecule has 1 fully saturated rings. The molecular weight excluding hydrogens is 398 g/mol. The molecule has 29 heavy (non-hydrogen) atoms. The lowest BCUT2D eigenvalue weighted by atomic mass is 9.92. The van der Waals surface area contributed by atoms with Crippen LogP contribution in [0.15, 0.2) is 24.3 Å². The van der Waals surface area contributed by atoms with Crippen LogP contribution in [0.25, 0.3) is 0 Å². The molecule has 4 amide bonds. The molecule has 2 N–H and O–H groups in total. The van der Waals surface area contributed by atoms with Crippen molar-refractivity contribution in [1.29, 1.82) is 0 Å². The average molecular weight is 424 g/mol. The summed E-state index contributed by atoms with van der Waals surface area (Å²) in [5.74, 6) is -1.55. The molecule has 1 aromatic carbocycles. The number of halogens is 1. The zero-order valence-corrected chi connectivity index (χ0v) is 17.7. The minimum Gasteiger partial charge on any atom is -0.451 e. The van der Waals surface area contributed by atoms with Gasteiger partial charge in [0.25, 0.3) is 11.8 Å². The number of hydrogen-bond donors (Lipinski definition) is 2. The first-order valence-corrected chi connectivity index (χ1v) is 9.80. The summed E-state index contributed by atoms with van der Waals surface area (Å²) in [5.41, 5.74) is -0.661. The molecule has 9 heteroatoms. The minimum absolute atomic E-state index is 0.347. The van der Waals surface area contributed by atoms with Crippen LogP contribution in [0, 0.1) is 5.92 Å². The normalized spacial score (nSPS) is 19.9. The van der Waals surface area contributed by atoms with E-state index in [1.807, 2.05) is 13.8 Å². The predicted molar refractivity (Wildman–Crippen MR) is 108 cm³/mol. The minimum atomic E-state index is -1.13. The van der Waals surface area contributed by atoms with E-state index in [2.05, 4.69) is 10.6 Å². The van der Waals surface area contributed by atoms with Crippen molar-refractivity contribution in [2.75, 3.05) is 11.9 Å². The SMILES string of the molecule is CC(C)CC[C@]1(C)NC(=O)N(CC(=O)O[C@H](C)C(=O)Nc2ccccc2Cl)C1=O. The number of rotatable bonds is 8. The van der Waals surface area contributed by atoms with Crippen LogP contribution < -0.4 is 10.6 Å². The second-order valence-electron chi connectivity index (χ2n) is 7.69. The van der Waals surface area contributed by atoms with Gasteiger partial charge in [0.2, 0.25) is 0 Å². The number of imide groups is 1. The number of urea groups is 1. The van der Waals surface area contributed by atoms with E-state index in [-0.39, 0.29) is 0 Å². The summed E-state index contributed by atoms with van der Waals surface area (Å²) in [6, 6.07) is 5.99. The van der Waals surface area contributed by atoms with Gasteiger partial charge in [0.1, 0.15) is 12.1 Å². The first-order valence-electron chi connectivity index (χ1n) is 9.42. The number of ether oxygens (including phenoxy) is 1. The Morgan fingerprint density at radius 2 is 1.90 bits per heavy atom. The summed E-state index contributed by atoms with van der Waals surface area (Å²) in [6.07, 6.45) is 0.0872. The van der Waals surface area contributed by atoms with Gasteiger partial charge >= 0.3 is 12.0 Å². The van der Waals surface area contributed by atoms with Gasteiger partial charge in [-0.1, -0.05) is 37.6 Å². The maximum absolute atomic E-state index is 12.6. The second kappa shape index (κ2) is 9.26. The zero-order chi connectivity index (χ0) is 21.8. The largest absolute Gasteiger partial charge is 0.451 e. The number of esters is 1. The highest BCUT2D eigenvalue weighted by Gasteiger charge is 2.48. The van der Waals surface area contributed by atoms with Crippen molar-refractivity contribution in [3.05, 3.63) is 29.3 Å². The van der Waals surface area contributed by atoms with Crippen LogP contribution in [0.5, 0.6) is 0 Å². The zero-order valence-electron chi connectivity index (χ0n) is 17.0. The molecule has 1 aliphatic heterocycles. The molecule has 0 unspecified atom stereocenters. The van der Waals surface area contributed by atoms with Crippen LogP contribution in [0.1, 0.15) is 40.5 Å². The molecule has 2 atom stereocenters. The van der Waals surface area contributed by atoms with Gasteiger partial charge in [-0.25, -0.2) is 4.79 Å². The highest BCUT2D eigenvalue weighted by molar-refractivity contribution is 6.33. The van der Waals surface area contributed by atoms with Crippen molar-refractivity contribution in [3.63, 3.8) is 0 Å². The molecule has 1 aliphatic rings. The molecule has 158 valence electrons. The Morgan fingerprint density at radius 3 is 2.52 bits per heavy atom. The molecule has 1 heterocycles. The first-order chi connectivity index (χ1) is 13.5. The lowest BCUT2D eigenvalue weighted by molar-refractivity contribution is -0.155. The molecule has 2 rings (SSSR count). The van der Waals surface area contributed by atoms with Gasteiger partial charge < -0.3 is 15.4 Å². The molecule has 0 spiro atoms.